The number of hydrogen-bond acceptors (Lipinski definition) is 3. The minimum absolute atomic E-state index is 0.0988. The van der Waals surface area contributed by atoms with Gasteiger partial charge in [0.2, 0.25) is 0 Å². The number of aryl methyl sites for hydroxylation is 1. The molecule has 0 saturated carbocycles. The quantitative estimate of drug-likeness (QED) is 0.848. The highest BCUT2D eigenvalue weighted by molar-refractivity contribution is 5.99. The zero-order chi connectivity index (χ0) is 14.4. The number of para-hydroxylation sites is 1. The molecule has 0 aliphatic carbocycles. The standard InChI is InChI=1S/C16H20N2O2/c1-3-10-17-15-7-5-4-6-14(15)16(19)18-11-13-9-8-12(2)20-13/h4-9,17H,3,10-11H2,1-2H3,(H,18,19). The molecule has 0 aliphatic rings. The van der Waals surface area contributed by atoms with E-state index in [1.165, 1.54) is 0 Å². The molecule has 1 aromatic heterocycles. The summed E-state index contributed by atoms with van der Waals surface area (Å²) in [5.74, 6) is 1.51. The number of anilines is 1. The van der Waals surface area contributed by atoms with Crippen molar-refractivity contribution in [1.82, 2.24) is 5.32 Å². The van der Waals surface area contributed by atoms with Crippen molar-refractivity contribution in [3.63, 3.8) is 0 Å². The molecule has 4 nitrogen and oxygen atoms in total. The number of benzene rings is 1. The van der Waals surface area contributed by atoms with E-state index in [0.717, 1.165) is 30.2 Å². The van der Waals surface area contributed by atoms with Gasteiger partial charge in [0, 0.05) is 12.2 Å². The molecule has 1 aromatic carbocycles. The highest BCUT2D eigenvalue weighted by atomic mass is 16.3. The lowest BCUT2D eigenvalue weighted by Crippen LogP contribution is -2.23. The van der Waals surface area contributed by atoms with Crippen LogP contribution in [0.15, 0.2) is 40.8 Å². The monoisotopic (exact) mass is 272 g/mol. The van der Waals surface area contributed by atoms with Crippen LogP contribution in [0.2, 0.25) is 0 Å². The molecule has 4 heteroatoms. The second-order valence-electron chi connectivity index (χ2n) is 4.67. The van der Waals surface area contributed by atoms with Crippen molar-refractivity contribution in [2.24, 2.45) is 0 Å². The van der Waals surface area contributed by atoms with Crippen LogP contribution in [-0.2, 0) is 6.54 Å². The van der Waals surface area contributed by atoms with E-state index in [9.17, 15) is 4.79 Å². The summed E-state index contributed by atoms with van der Waals surface area (Å²) in [5, 5.41) is 6.13. The van der Waals surface area contributed by atoms with E-state index < -0.39 is 0 Å². The first-order valence-corrected chi connectivity index (χ1v) is 6.87. The van der Waals surface area contributed by atoms with E-state index >= 15 is 0 Å². The van der Waals surface area contributed by atoms with Gasteiger partial charge in [-0.15, -0.1) is 0 Å². The van der Waals surface area contributed by atoms with E-state index in [1.807, 2.05) is 43.3 Å². The Kier molecular flexibility index (Phi) is 4.82. The van der Waals surface area contributed by atoms with Gasteiger partial charge in [-0.25, -0.2) is 0 Å². The molecule has 2 rings (SSSR count). The normalized spacial score (nSPS) is 10.3. The van der Waals surface area contributed by atoms with Crippen LogP contribution in [0.3, 0.4) is 0 Å². The molecule has 1 amide bonds. The molecule has 0 atom stereocenters. The lowest BCUT2D eigenvalue weighted by atomic mass is 10.1. The average Bonchev–Trinajstić information content (AvgIpc) is 2.88. The molecular formula is C16H20N2O2. The van der Waals surface area contributed by atoms with Gasteiger partial charge in [-0.1, -0.05) is 19.1 Å². The predicted octanol–water partition coefficient (Wildman–Crippen LogP) is 3.34. The topological polar surface area (TPSA) is 54.3 Å². The summed E-state index contributed by atoms with van der Waals surface area (Å²) < 4.78 is 5.43. The molecule has 1 heterocycles. The Morgan fingerprint density at radius 1 is 1.20 bits per heavy atom. The summed E-state index contributed by atoms with van der Waals surface area (Å²) in [5.41, 5.74) is 1.52. The highest BCUT2D eigenvalue weighted by Gasteiger charge is 2.10. The first kappa shape index (κ1) is 14.2. The molecule has 0 radical (unpaired) electrons. The third kappa shape index (κ3) is 3.63. The van der Waals surface area contributed by atoms with Crippen molar-refractivity contribution in [2.45, 2.75) is 26.8 Å². The van der Waals surface area contributed by atoms with Crippen molar-refractivity contribution in [2.75, 3.05) is 11.9 Å². The van der Waals surface area contributed by atoms with Gasteiger partial charge in [0.05, 0.1) is 12.1 Å². The number of nitrogens with one attached hydrogen (secondary N) is 2. The van der Waals surface area contributed by atoms with E-state index in [2.05, 4.69) is 17.6 Å². The summed E-state index contributed by atoms with van der Waals surface area (Å²) in [6.45, 7) is 5.22. The van der Waals surface area contributed by atoms with Crippen LogP contribution >= 0.6 is 0 Å². The van der Waals surface area contributed by atoms with Gasteiger partial charge in [0.25, 0.3) is 5.91 Å². The smallest absolute Gasteiger partial charge is 0.253 e. The minimum Gasteiger partial charge on any atom is -0.465 e. The summed E-state index contributed by atoms with van der Waals surface area (Å²) in [7, 11) is 0. The van der Waals surface area contributed by atoms with Crippen LogP contribution in [0.5, 0.6) is 0 Å². The maximum absolute atomic E-state index is 12.2. The fraction of sp³-hybridized carbons (Fsp3) is 0.312. The van der Waals surface area contributed by atoms with Gasteiger partial charge in [0.1, 0.15) is 11.5 Å². The van der Waals surface area contributed by atoms with E-state index in [-0.39, 0.29) is 5.91 Å². The Morgan fingerprint density at radius 2 is 2.00 bits per heavy atom. The SMILES string of the molecule is CCCNc1ccccc1C(=O)NCc1ccc(C)o1. The summed E-state index contributed by atoms with van der Waals surface area (Å²) in [6, 6.07) is 11.3. The van der Waals surface area contributed by atoms with Crippen LogP contribution in [0.25, 0.3) is 0 Å². The van der Waals surface area contributed by atoms with E-state index in [0.29, 0.717) is 12.1 Å². The van der Waals surface area contributed by atoms with Gasteiger partial charge in [-0.2, -0.15) is 0 Å². The van der Waals surface area contributed by atoms with Crippen LogP contribution in [-0.4, -0.2) is 12.5 Å². The largest absolute Gasteiger partial charge is 0.465 e. The first-order chi connectivity index (χ1) is 9.70. The lowest BCUT2D eigenvalue weighted by molar-refractivity contribution is 0.0948. The Hall–Kier alpha value is -2.23. The second-order valence-corrected chi connectivity index (χ2v) is 4.67. The van der Waals surface area contributed by atoms with Gasteiger partial charge < -0.3 is 15.1 Å². The molecule has 106 valence electrons. The Bertz CT molecular complexity index is 575. The highest BCUT2D eigenvalue weighted by Crippen LogP contribution is 2.15. The maximum Gasteiger partial charge on any atom is 0.253 e. The molecule has 0 aliphatic heterocycles. The second kappa shape index (κ2) is 6.80. The molecule has 0 saturated heterocycles. The fourth-order valence-corrected chi connectivity index (χ4v) is 1.94. The van der Waals surface area contributed by atoms with E-state index in [4.69, 9.17) is 4.42 Å². The fourth-order valence-electron chi connectivity index (χ4n) is 1.94. The molecule has 0 fully saturated rings. The Morgan fingerprint density at radius 3 is 2.70 bits per heavy atom. The molecule has 0 unspecified atom stereocenters. The zero-order valence-electron chi connectivity index (χ0n) is 11.9. The average molecular weight is 272 g/mol. The third-order valence-corrected chi connectivity index (χ3v) is 2.96. The van der Waals surface area contributed by atoms with Gasteiger partial charge in [-0.05, 0) is 37.6 Å². The Labute approximate surface area is 119 Å². The number of rotatable bonds is 6. The lowest BCUT2D eigenvalue weighted by Gasteiger charge is -2.11. The van der Waals surface area contributed by atoms with Gasteiger partial charge in [-0.3, -0.25) is 4.79 Å². The number of hydrogen-bond donors (Lipinski definition) is 2. The summed E-state index contributed by atoms with van der Waals surface area (Å²) in [4.78, 5) is 12.2. The minimum atomic E-state index is -0.0988. The van der Waals surface area contributed by atoms with Crippen LogP contribution in [0, 0.1) is 6.92 Å². The Balaban J connectivity index is 2.01. The number of carbonyl (C=O) groups is 1. The van der Waals surface area contributed by atoms with Crippen molar-refractivity contribution in [3.8, 4) is 0 Å². The van der Waals surface area contributed by atoms with Crippen LogP contribution < -0.4 is 10.6 Å². The van der Waals surface area contributed by atoms with Crippen LogP contribution in [0.4, 0.5) is 5.69 Å². The molecular weight excluding hydrogens is 252 g/mol. The number of carbonyl (C=O) groups excluding carboxylic acids is 1. The molecule has 0 spiro atoms. The number of amides is 1. The maximum atomic E-state index is 12.2. The molecule has 2 N–H and O–H groups in total. The predicted molar refractivity (Wildman–Crippen MR) is 79.8 cm³/mol. The van der Waals surface area contributed by atoms with Crippen molar-refractivity contribution in [3.05, 3.63) is 53.5 Å². The van der Waals surface area contributed by atoms with Gasteiger partial charge >= 0.3 is 0 Å². The van der Waals surface area contributed by atoms with Gasteiger partial charge in [0.15, 0.2) is 0 Å². The summed E-state index contributed by atoms with van der Waals surface area (Å²) >= 11 is 0. The van der Waals surface area contributed by atoms with Crippen molar-refractivity contribution >= 4 is 11.6 Å². The van der Waals surface area contributed by atoms with Crippen LogP contribution in [0.1, 0.15) is 35.2 Å². The van der Waals surface area contributed by atoms with Crippen molar-refractivity contribution < 1.29 is 9.21 Å². The zero-order valence-corrected chi connectivity index (χ0v) is 11.9. The first-order valence-electron chi connectivity index (χ1n) is 6.87. The third-order valence-electron chi connectivity index (χ3n) is 2.96. The summed E-state index contributed by atoms with van der Waals surface area (Å²) in [6.07, 6.45) is 1.02. The van der Waals surface area contributed by atoms with Crippen molar-refractivity contribution in [1.29, 1.82) is 0 Å². The number of furan rings is 1. The molecule has 0 bridgehead atoms. The molecule has 2 aromatic rings. The molecule has 20 heavy (non-hydrogen) atoms. The van der Waals surface area contributed by atoms with E-state index in [1.54, 1.807) is 0 Å².